The summed E-state index contributed by atoms with van der Waals surface area (Å²) in [5.74, 6) is 0.735. The molecule has 0 unspecified atom stereocenters. The van der Waals surface area contributed by atoms with E-state index in [0.29, 0.717) is 6.04 Å². The normalized spacial score (nSPS) is 24.6. The fourth-order valence-corrected chi connectivity index (χ4v) is 3.08. The summed E-state index contributed by atoms with van der Waals surface area (Å²) in [4.78, 5) is 16.3. The van der Waals surface area contributed by atoms with Gasteiger partial charge >= 0.3 is 6.09 Å². The minimum atomic E-state index is -0.414. The Balaban J connectivity index is 1.77. The number of carbonyl (C=O) groups excluding carboxylic acids is 1. The highest BCUT2D eigenvalue weighted by Crippen LogP contribution is 2.21. The molecule has 0 radical (unpaired) electrons. The predicted molar refractivity (Wildman–Crippen MR) is 82.4 cm³/mol. The first-order valence-electron chi connectivity index (χ1n) is 8.11. The first-order chi connectivity index (χ1) is 9.85. The molecule has 0 N–H and O–H groups in total. The first kappa shape index (κ1) is 16.6. The van der Waals surface area contributed by atoms with Gasteiger partial charge in [0.25, 0.3) is 0 Å². The summed E-state index contributed by atoms with van der Waals surface area (Å²) in [6.45, 7) is 10.2. The van der Waals surface area contributed by atoms with Gasteiger partial charge < -0.3 is 19.3 Å². The number of ether oxygens (including phenoxy) is 2. The van der Waals surface area contributed by atoms with E-state index in [4.69, 9.17) is 9.47 Å². The van der Waals surface area contributed by atoms with Crippen LogP contribution in [0.1, 0.15) is 40.0 Å². The molecule has 21 heavy (non-hydrogen) atoms. The molecular weight excluding hydrogens is 268 g/mol. The molecule has 2 aliphatic heterocycles. The van der Waals surface area contributed by atoms with Crippen LogP contribution in [0.2, 0.25) is 0 Å². The number of hydrogen-bond donors (Lipinski definition) is 0. The van der Waals surface area contributed by atoms with Crippen LogP contribution < -0.4 is 0 Å². The quantitative estimate of drug-likeness (QED) is 0.802. The third-order valence-electron chi connectivity index (χ3n) is 4.33. The summed E-state index contributed by atoms with van der Waals surface area (Å²) in [6.07, 6.45) is 3.18. The lowest BCUT2D eigenvalue weighted by Crippen LogP contribution is -2.41. The molecule has 0 aromatic heterocycles. The van der Waals surface area contributed by atoms with Gasteiger partial charge in [-0.1, -0.05) is 0 Å². The Morgan fingerprint density at radius 3 is 2.57 bits per heavy atom. The molecular formula is C16H30N2O3. The molecule has 5 heteroatoms. The Bertz CT molecular complexity index is 348. The zero-order valence-corrected chi connectivity index (χ0v) is 13.9. The summed E-state index contributed by atoms with van der Waals surface area (Å²) in [7, 11) is 2.18. The van der Waals surface area contributed by atoms with Crippen molar-refractivity contribution in [2.24, 2.45) is 5.92 Å². The molecule has 1 atom stereocenters. The van der Waals surface area contributed by atoms with E-state index in [1.807, 2.05) is 25.7 Å². The SMILES string of the molecule is CN(CC1CCOCC1)[C@@H]1CCN(C(=O)OC(C)(C)C)C1. The molecule has 2 rings (SSSR count). The smallest absolute Gasteiger partial charge is 0.410 e. The maximum absolute atomic E-state index is 12.1. The van der Waals surface area contributed by atoms with Crippen LogP contribution in [0.25, 0.3) is 0 Å². The third kappa shape index (κ3) is 5.15. The van der Waals surface area contributed by atoms with Crippen LogP contribution in [0.5, 0.6) is 0 Å². The molecule has 2 fully saturated rings. The summed E-state index contributed by atoms with van der Waals surface area (Å²) in [5.41, 5.74) is -0.414. The Labute approximate surface area is 128 Å². The maximum atomic E-state index is 12.1. The van der Waals surface area contributed by atoms with Crippen molar-refractivity contribution < 1.29 is 14.3 Å². The van der Waals surface area contributed by atoms with Crippen molar-refractivity contribution in [1.82, 2.24) is 9.80 Å². The highest BCUT2D eigenvalue weighted by atomic mass is 16.6. The second-order valence-corrected chi connectivity index (χ2v) is 7.36. The molecule has 2 saturated heterocycles. The zero-order valence-electron chi connectivity index (χ0n) is 13.9. The molecule has 0 bridgehead atoms. The molecule has 2 heterocycles. The van der Waals surface area contributed by atoms with Crippen molar-refractivity contribution in [3.63, 3.8) is 0 Å². The standard InChI is InChI=1S/C16H30N2O3/c1-16(2,3)21-15(19)18-8-5-14(12-18)17(4)11-13-6-9-20-10-7-13/h13-14H,5-12H2,1-4H3/t14-/m1/s1. The highest BCUT2D eigenvalue weighted by molar-refractivity contribution is 5.68. The average molecular weight is 298 g/mol. The van der Waals surface area contributed by atoms with Gasteiger partial charge in [-0.05, 0) is 53.0 Å². The minimum absolute atomic E-state index is 0.176. The summed E-state index contributed by atoms with van der Waals surface area (Å²) < 4.78 is 10.9. The van der Waals surface area contributed by atoms with Crippen molar-refractivity contribution in [1.29, 1.82) is 0 Å². The van der Waals surface area contributed by atoms with Gasteiger partial charge in [0.1, 0.15) is 5.60 Å². The van der Waals surface area contributed by atoms with Crippen LogP contribution in [-0.4, -0.2) is 67.4 Å². The molecule has 122 valence electrons. The molecule has 0 aromatic rings. The van der Waals surface area contributed by atoms with E-state index in [2.05, 4.69) is 11.9 Å². The number of amides is 1. The topological polar surface area (TPSA) is 42.0 Å². The summed E-state index contributed by atoms with van der Waals surface area (Å²) in [6, 6.07) is 0.459. The Morgan fingerprint density at radius 1 is 1.29 bits per heavy atom. The Kier molecular flexibility index (Phi) is 5.49. The highest BCUT2D eigenvalue weighted by Gasteiger charge is 2.32. The van der Waals surface area contributed by atoms with Gasteiger partial charge in [-0.15, -0.1) is 0 Å². The van der Waals surface area contributed by atoms with Crippen LogP contribution in [0.15, 0.2) is 0 Å². The summed E-state index contributed by atoms with van der Waals surface area (Å²) in [5, 5.41) is 0. The number of hydrogen-bond acceptors (Lipinski definition) is 4. The van der Waals surface area contributed by atoms with Gasteiger partial charge in [-0.2, -0.15) is 0 Å². The average Bonchev–Trinajstić information content (AvgIpc) is 2.87. The van der Waals surface area contributed by atoms with Crippen molar-refractivity contribution in [2.45, 2.75) is 51.7 Å². The molecule has 5 nitrogen and oxygen atoms in total. The van der Waals surface area contributed by atoms with Crippen LogP contribution in [0, 0.1) is 5.92 Å². The molecule has 0 saturated carbocycles. The molecule has 1 amide bonds. The number of carbonyl (C=O) groups is 1. The number of rotatable bonds is 3. The second kappa shape index (κ2) is 6.97. The lowest BCUT2D eigenvalue weighted by Gasteiger charge is -2.31. The van der Waals surface area contributed by atoms with Gasteiger partial charge in [0.2, 0.25) is 0 Å². The van der Waals surface area contributed by atoms with Crippen molar-refractivity contribution >= 4 is 6.09 Å². The molecule has 2 aliphatic rings. The van der Waals surface area contributed by atoms with E-state index in [1.165, 1.54) is 0 Å². The number of likely N-dealkylation sites (N-methyl/N-ethyl adjacent to an activating group) is 1. The number of nitrogens with zero attached hydrogens (tertiary/aromatic N) is 2. The molecule has 0 spiro atoms. The van der Waals surface area contributed by atoms with Crippen LogP contribution in [0.4, 0.5) is 4.79 Å². The summed E-state index contributed by atoms with van der Waals surface area (Å²) >= 11 is 0. The maximum Gasteiger partial charge on any atom is 0.410 e. The van der Waals surface area contributed by atoms with Gasteiger partial charge in [0, 0.05) is 38.9 Å². The van der Waals surface area contributed by atoms with E-state index in [1.54, 1.807) is 0 Å². The molecule has 0 aromatic carbocycles. The van der Waals surface area contributed by atoms with E-state index in [-0.39, 0.29) is 6.09 Å². The van der Waals surface area contributed by atoms with Gasteiger partial charge in [-0.25, -0.2) is 4.79 Å². The minimum Gasteiger partial charge on any atom is -0.444 e. The van der Waals surface area contributed by atoms with E-state index in [0.717, 1.165) is 58.0 Å². The Hall–Kier alpha value is -0.810. The van der Waals surface area contributed by atoms with Crippen LogP contribution in [-0.2, 0) is 9.47 Å². The number of likely N-dealkylation sites (tertiary alicyclic amines) is 1. The Morgan fingerprint density at radius 2 is 1.95 bits per heavy atom. The third-order valence-corrected chi connectivity index (χ3v) is 4.33. The second-order valence-electron chi connectivity index (χ2n) is 7.36. The van der Waals surface area contributed by atoms with E-state index in [9.17, 15) is 4.79 Å². The monoisotopic (exact) mass is 298 g/mol. The fourth-order valence-electron chi connectivity index (χ4n) is 3.08. The van der Waals surface area contributed by atoms with Crippen LogP contribution >= 0.6 is 0 Å². The molecule has 0 aliphatic carbocycles. The van der Waals surface area contributed by atoms with Crippen molar-refractivity contribution in [2.75, 3.05) is 39.9 Å². The van der Waals surface area contributed by atoms with Crippen LogP contribution in [0.3, 0.4) is 0 Å². The van der Waals surface area contributed by atoms with Gasteiger partial charge in [0.05, 0.1) is 0 Å². The van der Waals surface area contributed by atoms with E-state index >= 15 is 0 Å². The fraction of sp³-hybridized carbons (Fsp3) is 0.938. The largest absolute Gasteiger partial charge is 0.444 e. The first-order valence-corrected chi connectivity index (χ1v) is 8.11. The predicted octanol–water partition coefficient (Wildman–Crippen LogP) is 2.35. The van der Waals surface area contributed by atoms with Crippen molar-refractivity contribution in [3.8, 4) is 0 Å². The lowest BCUT2D eigenvalue weighted by molar-refractivity contribution is 0.0273. The van der Waals surface area contributed by atoms with Gasteiger partial charge in [0.15, 0.2) is 0 Å². The van der Waals surface area contributed by atoms with Crippen molar-refractivity contribution in [3.05, 3.63) is 0 Å². The zero-order chi connectivity index (χ0) is 15.5. The van der Waals surface area contributed by atoms with Gasteiger partial charge in [-0.3, -0.25) is 0 Å². The lowest BCUT2D eigenvalue weighted by atomic mass is 9.99. The van der Waals surface area contributed by atoms with E-state index < -0.39 is 5.60 Å².